The SMILES string of the molecule is Cc1ccccc1[C@H](C)NC(=O)c1cc(C2CC2)nn1-c1ccccc1. The van der Waals surface area contributed by atoms with Crippen LogP contribution in [0.25, 0.3) is 5.69 Å². The number of para-hydroxylation sites is 1. The summed E-state index contributed by atoms with van der Waals surface area (Å²) in [5.74, 6) is 0.407. The van der Waals surface area contributed by atoms with Crippen LogP contribution in [0.1, 0.15) is 59.0 Å². The predicted molar refractivity (Wildman–Crippen MR) is 103 cm³/mol. The Morgan fingerprint density at radius 1 is 1.12 bits per heavy atom. The second kappa shape index (κ2) is 6.79. The van der Waals surface area contributed by atoms with Gasteiger partial charge in [0.05, 0.1) is 17.4 Å². The molecule has 1 amide bonds. The van der Waals surface area contributed by atoms with Gasteiger partial charge in [0.1, 0.15) is 5.69 Å². The van der Waals surface area contributed by atoms with Gasteiger partial charge in [0.25, 0.3) is 5.91 Å². The summed E-state index contributed by atoms with van der Waals surface area (Å²) in [6.45, 7) is 4.09. The Labute approximate surface area is 153 Å². The summed E-state index contributed by atoms with van der Waals surface area (Å²) < 4.78 is 1.77. The van der Waals surface area contributed by atoms with E-state index in [1.54, 1.807) is 4.68 Å². The summed E-state index contributed by atoms with van der Waals surface area (Å²) >= 11 is 0. The zero-order valence-corrected chi connectivity index (χ0v) is 15.1. The maximum Gasteiger partial charge on any atom is 0.270 e. The molecule has 0 aliphatic heterocycles. The van der Waals surface area contributed by atoms with Crippen LogP contribution in [0.2, 0.25) is 0 Å². The fourth-order valence-electron chi connectivity index (χ4n) is 3.33. The van der Waals surface area contributed by atoms with Crippen LogP contribution in [0, 0.1) is 6.92 Å². The second-order valence-electron chi connectivity index (χ2n) is 7.03. The van der Waals surface area contributed by atoms with Crippen molar-refractivity contribution in [2.75, 3.05) is 0 Å². The third kappa shape index (κ3) is 3.27. The summed E-state index contributed by atoms with van der Waals surface area (Å²) in [5, 5.41) is 7.85. The lowest BCUT2D eigenvalue weighted by molar-refractivity contribution is 0.0932. The molecule has 4 rings (SSSR count). The van der Waals surface area contributed by atoms with Crippen molar-refractivity contribution < 1.29 is 4.79 Å². The van der Waals surface area contributed by atoms with Crippen molar-refractivity contribution in [2.45, 2.75) is 38.6 Å². The highest BCUT2D eigenvalue weighted by Crippen LogP contribution is 2.39. The molecule has 0 saturated heterocycles. The number of hydrogen-bond acceptors (Lipinski definition) is 2. The van der Waals surface area contributed by atoms with Crippen LogP contribution in [0.15, 0.2) is 60.7 Å². The average Bonchev–Trinajstić information content (AvgIpc) is 3.41. The van der Waals surface area contributed by atoms with Crippen LogP contribution >= 0.6 is 0 Å². The summed E-state index contributed by atoms with van der Waals surface area (Å²) in [7, 11) is 0. The molecular weight excluding hydrogens is 322 g/mol. The highest BCUT2D eigenvalue weighted by Gasteiger charge is 2.29. The minimum atomic E-state index is -0.0935. The molecule has 0 bridgehead atoms. The van der Waals surface area contributed by atoms with Crippen molar-refractivity contribution in [1.29, 1.82) is 0 Å². The molecule has 1 heterocycles. The van der Waals surface area contributed by atoms with Gasteiger partial charge >= 0.3 is 0 Å². The third-order valence-corrected chi connectivity index (χ3v) is 4.96. The minimum absolute atomic E-state index is 0.0628. The van der Waals surface area contributed by atoms with Gasteiger partial charge in [-0.25, -0.2) is 4.68 Å². The number of hydrogen-bond donors (Lipinski definition) is 1. The maximum absolute atomic E-state index is 13.0. The van der Waals surface area contributed by atoms with Crippen LogP contribution in [0.4, 0.5) is 0 Å². The predicted octanol–water partition coefficient (Wildman–Crippen LogP) is 4.55. The molecule has 1 N–H and O–H groups in total. The average molecular weight is 345 g/mol. The highest BCUT2D eigenvalue weighted by atomic mass is 16.2. The van der Waals surface area contributed by atoms with Gasteiger partial charge in [-0.1, -0.05) is 42.5 Å². The zero-order chi connectivity index (χ0) is 18.1. The van der Waals surface area contributed by atoms with E-state index in [2.05, 4.69) is 24.4 Å². The fourth-order valence-corrected chi connectivity index (χ4v) is 3.33. The number of aromatic nitrogens is 2. The number of carbonyl (C=O) groups is 1. The first-order valence-corrected chi connectivity index (χ1v) is 9.15. The van der Waals surface area contributed by atoms with E-state index >= 15 is 0 Å². The molecule has 3 aromatic rings. The van der Waals surface area contributed by atoms with Gasteiger partial charge in [-0.15, -0.1) is 0 Å². The number of nitrogens with zero attached hydrogens (tertiary/aromatic N) is 2. The van der Waals surface area contributed by atoms with E-state index in [4.69, 9.17) is 5.10 Å². The standard InChI is InChI=1S/C22H23N3O/c1-15-8-6-7-11-19(15)16(2)23-22(26)21-14-20(17-12-13-17)24-25(21)18-9-4-3-5-10-18/h3-11,14,16-17H,12-13H2,1-2H3,(H,23,26)/t16-/m0/s1. The Hall–Kier alpha value is -2.88. The minimum Gasteiger partial charge on any atom is -0.344 e. The summed E-state index contributed by atoms with van der Waals surface area (Å²) in [5.41, 5.74) is 4.83. The number of carbonyl (C=O) groups excluding carboxylic acids is 1. The molecule has 1 saturated carbocycles. The van der Waals surface area contributed by atoms with Crippen molar-refractivity contribution in [1.82, 2.24) is 15.1 Å². The van der Waals surface area contributed by atoms with Crippen molar-refractivity contribution in [3.8, 4) is 5.69 Å². The third-order valence-electron chi connectivity index (χ3n) is 4.96. The van der Waals surface area contributed by atoms with Crippen LogP contribution in [-0.2, 0) is 0 Å². The van der Waals surface area contributed by atoms with Crippen LogP contribution in [-0.4, -0.2) is 15.7 Å². The lowest BCUT2D eigenvalue weighted by Crippen LogP contribution is -2.29. The van der Waals surface area contributed by atoms with Crippen molar-refractivity contribution in [3.05, 3.63) is 83.2 Å². The molecule has 1 aromatic heterocycles. The van der Waals surface area contributed by atoms with Crippen LogP contribution < -0.4 is 5.32 Å². The van der Waals surface area contributed by atoms with E-state index in [0.29, 0.717) is 11.6 Å². The lowest BCUT2D eigenvalue weighted by atomic mass is 10.0. The first-order chi connectivity index (χ1) is 12.6. The van der Waals surface area contributed by atoms with Gasteiger partial charge in [0, 0.05) is 5.92 Å². The number of benzene rings is 2. The van der Waals surface area contributed by atoms with E-state index in [0.717, 1.165) is 29.8 Å². The van der Waals surface area contributed by atoms with Crippen molar-refractivity contribution >= 4 is 5.91 Å². The molecule has 1 aliphatic carbocycles. The normalized spacial score (nSPS) is 14.8. The number of nitrogens with one attached hydrogen (secondary N) is 1. The van der Waals surface area contributed by atoms with E-state index in [1.807, 2.05) is 55.5 Å². The first kappa shape index (κ1) is 16.6. The lowest BCUT2D eigenvalue weighted by Gasteiger charge is -2.17. The summed E-state index contributed by atoms with van der Waals surface area (Å²) in [6.07, 6.45) is 2.32. The van der Waals surface area contributed by atoms with E-state index in [9.17, 15) is 4.79 Å². The quantitative estimate of drug-likeness (QED) is 0.737. The fraction of sp³-hybridized carbons (Fsp3) is 0.273. The van der Waals surface area contributed by atoms with E-state index in [1.165, 1.54) is 5.56 Å². The molecule has 1 aliphatic rings. The Balaban J connectivity index is 1.64. The Kier molecular flexibility index (Phi) is 4.33. The molecule has 132 valence electrons. The summed E-state index contributed by atoms with van der Waals surface area (Å²) in [6, 6.07) is 19.9. The molecule has 4 nitrogen and oxygen atoms in total. The zero-order valence-electron chi connectivity index (χ0n) is 15.1. The van der Waals surface area contributed by atoms with Crippen LogP contribution in [0.3, 0.4) is 0 Å². The number of rotatable bonds is 5. The maximum atomic E-state index is 13.0. The Morgan fingerprint density at radius 3 is 2.50 bits per heavy atom. The molecule has 26 heavy (non-hydrogen) atoms. The molecule has 1 atom stereocenters. The van der Waals surface area contributed by atoms with E-state index in [-0.39, 0.29) is 11.9 Å². The smallest absolute Gasteiger partial charge is 0.270 e. The Morgan fingerprint density at radius 2 is 1.81 bits per heavy atom. The van der Waals surface area contributed by atoms with Gasteiger partial charge < -0.3 is 5.32 Å². The molecular formula is C22H23N3O. The first-order valence-electron chi connectivity index (χ1n) is 9.15. The molecule has 4 heteroatoms. The highest BCUT2D eigenvalue weighted by molar-refractivity contribution is 5.93. The van der Waals surface area contributed by atoms with Crippen LogP contribution in [0.5, 0.6) is 0 Å². The van der Waals surface area contributed by atoms with Gasteiger partial charge in [0.2, 0.25) is 0 Å². The molecule has 0 radical (unpaired) electrons. The number of aryl methyl sites for hydroxylation is 1. The Bertz CT molecular complexity index is 926. The topological polar surface area (TPSA) is 46.9 Å². The molecule has 1 fully saturated rings. The van der Waals surface area contributed by atoms with E-state index < -0.39 is 0 Å². The largest absolute Gasteiger partial charge is 0.344 e. The monoisotopic (exact) mass is 345 g/mol. The van der Waals surface area contributed by atoms with Gasteiger partial charge in [-0.3, -0.25) is 4.79 Å². The molecule has 0 spiro atoms. The van der Waals surface area contributed by atoms with Crippen molar-refractivity contribution in [2.24, 2.45) is 0 Å². The summed E-state index contributed by atoms with van der Waals surface area (Å²) in [4.78, 5) is 13.0. The van der Waals surface area contributed by atoms with Crippen molar-refractivity contribution in [3.63, 3.8) is 0 Å². The molecule has 2 aromatic carbocycles. The second-order valence-corrected chi connectivity index (χ2v) is 7.03. The van der Waals surface area contributed by atoms with Gasteiger partial charge in [-0.2, -0.15) is 5.10 Å². The molecule has 0 unspecified atom stereocenters. The number of amides is 1. The van der Waals surface area contributed by atoms with Gasteiger partial charge in [0.15, 0.2) is 0 Å². The van der Waals surface area contributed by atoms with Gasteiger partial charge in [-0.05, 0) is 56.0 Å².